The van der Waals surface area contributed by atoms with Crippen LogP contribution in [0.4, 0.5) is 4.39 Å². The van der Waals surface area contributed by atoms with Gasteiger partial charge < -0.3 is 9.84 Å². The average Bonchev–Trinajstić information content (AvgIpc) is 2.24. The summed E-state index contributed by atoms with van der Waals surface area (Å²) < 4.78 is 18.7. The van der Waals surface area contributed by atoms with Gasteiger partial charge in [0.25, 0.3) is 0 Å². The summed E-state index contributed by atoms with van der Waals surface area (Å²) in [5.74, 6) is -1.59. The molecule has 0 aliphatic carbocycles. The number of carbonyl (C=O) groups is 1. The van der Waals surface area contributed by atoms with Crippen molar-refractivity contribution in [2.75, 3.05) is 6.61 Å². The lowest BCUT2D eigenvalue weighted by molar-refractivity contribution is -0.131. The van der Waals surface area contributed by atoms with Crippen molar-refractivity contribution >= 4 is 12.0 Å². The van der Waals surface area contributed by atoms with Gasteiger partial charge in [0.15, 0.2) is 11.6 Å². The highest BCUT2D eigenvalue weighted by molar-refractivity contribution is 5.85. The molecule has 1 aromatic rings. The molecule has 0 spiro atoms. The molecule has 17 heavy (non-hydrogen) atoms. The van der Waals surface area contributed by atoms with Crippen molar-refractivity contribution in [1.29, 1.82) is 0 Å². The number of carboxylic acids is 1. The summed E-state index contributed by atoms with van der Waals surface area (Å²) in [6, 6.07) is 4.33. The second-order valence-corrected chi connectivity index (χ2v) is 3.58. The molecule has 0 aliphatic rings. The highest BCUT2D eigenvalue weighted by Gasteiger charge is 2.07. The minimum atomic E-state index is -1.10. The number of ether oxygens (including phenoxy) is 1. The highest BCUT2D eigenvalue weighted by atomic mass is 19.1. The Bertz CT molecular complexity index is 464. The van der Waals surface area contributed by atoms with E-state index in [0.29, 0.717) is 5.56 Å². The van der Waals surface area contributed by atoms with E-state index in [2.05, 4.69) is 6.58 Å². The monoisotopic (exact) mass is 236 g/mol. The van der Waals surface area contributed by atoms with Gasteiger partial charge in [-0.2, -0.15) is 0 Å². The SMILES string of the molecule is C=C(C)COc1c(F)cccc1/C=C/C(=O)O. The average molecular weight is 236 g/mol. The Labute approximate surface area is 98.8 Å². The summed E-state index contributed by atoms with van der Waals surface area (Å²) in [6.45, 7) is 5.59. The van der Waals surface area contributed by atoms with Crippen LogP contribution in [0, 0.1) is 5.82 Å². The molecule has 0 saturated heterocycles. The molecule has 1 rings (SSSR count). The number of benzene rings is 1. The third-order valence-corrected chi connectivity index (χ3v) is 1.87. The number of para-hydroxylation sites is 1. The molecule has 0 aromatic heterocycles. The molecule has 0 fully saturated rings. The molecule has 0 saturated carbocycles. The maximum Gasteiger partial charge on any atom is 0.328 e. The molecule has 90 valence electrons. The normalized spacial score (nSPS) is 10.5. The predicted molar refractivity (Wildman–Crippen MR) is 63.4 cm³/mol. The van der Waals surface area contributed by atoms with Crippen molar-refractivity contribution in [2.24, 2.45) is 0 Å². The van der Waals surface area contributed by atoms with Crippen molar-refractivity contribution in [3.63, 3.8) is 0 Å². The van der Waals surface area contributed by atoms with Gasteiger partial charge in [0.05, 0.1) is 0 Å². The van der Waals surface area contributed by atoms with Crippen LogP contribution in [0.1, 0.15) is 12.5 Å². The van der Waals surface area contributed by atoms with Gasteiger partial charge in [-0.25, -0.2) is 9.18 Å². The minimum absolute atomic E-state index is 0.0352. The first-order valence-corrected chi connectivity index (χ1v) is 4.97. The summed E-state index contributed by atoms with van der Waals surface area (Å²) in [7, 11) is 0. The molecule has 0 radical (unpaired) electrons. The second-order valence-electron chi connectivity index (χ2n) is 3.58. The Hall–Kier alpha value is -2.10. The number of hydrogen-bond donors (Lipinski definition) is 1. The molecule has 3 nitrogen and oxygen atoms in total. The predicted octanol–water partition coefficient (Wildman–Crippen LogP) is 2.88. The van der Waals surface area contributed by atoms with Crippen LogP contribution in [0.15, 0.2) is 36.4 Å². The molecule has 0 amide bonds. The summed E-state index contributed by atoms with van der Waals surface area (Å²) in [5, 5.41) is 8.52. The molecule has 0 bridgehead atoms. The summed E-state index contributed by atoms with van der Waals surface area (Å²) >= 11 is 0. The van der Waals surface area contributed by atoms with Gasteiger partial charge in [-0.05, 0) is 24.6 Å². The Kier molecular flexibility index (Phi) is 4.46. The molecule has 0 atom stereocenters. The van der Waals surface area contributed by atoms with Crippen LogP contribution in [-0.2, 0) is 4.79 Å². The summed E-state index contributed by atoms with van der Waals surface area (Å²) in [4.78, 5) is 10.4. The topological polar surface area (TPSA) is 46.5 Å². The lowest BCUT2D eigenvalue weighted by Gasteiger charge is -2.09. The molecule has 4 heteroatoms. The van der Waals surface area contributed by atoms with E-state index in [9.17, 15) is 9.18 Å². The maximum absolute atomic E-state index is 13.5. The molecular formula is C13H13FO3. The van der Waals surface area contributed by atoms with E-state index in [-0.39, 0.29) is 12.4 Å². The molecule has 0 aliphatic heterocycles. The van der Waals surface area contributed by atoms with Gasteiger partial charge in [0.1, 0.15) is 6.61 Å². The van der Waals surface area contributed by atoms with Crippen LogP contribution in [-0.4, -0.2) is 17.7 Å². The van der Waals surface area contributed by atoms with E-state index in [4.69, 9.17) is 9.84 Å². The van der Waals surface area contributed by atoms with Crippen LogP contribution in [0.2, 0.25) is 0 Å². The van der Waals surface area contributed by atoms with Gasteiger partial charge in [-0.3, -0.25) is 0 Å². The smallest absolute Gasteiger partial charge is 0.328 e. The van der Waals surface area contributed by atoms with E-state index < -0.39 is 11.8 Å². The zero-order valence-corrected chi connectivity index (χ0v) is 9.44. The van der Waals surface area contributed by atoms with Crippen molar-refractivity contribution in [3.8, 4) is 5.75 Å². The largest absolute Gasteiger partial charge is 0.486 e. The van der Waals surface area contributed by atoms with E-state index in [1.807, 2.05) is 0 Å². The molecule has 0 unspecified atom stereocenters. The van der Waals surface area contributed by atoms with Gasteiger partial charge >= 0.3 is 5.97 Å². The fraction of sp³-hybridized carbons (Fsp3) is 0.154. The van der Waals surface area contributed by atoms with Crippen molar-refractivity contribution in [2.45, 2.75) is 6.92 Å². The van der Waals surface area contributed by atoms with Gasteiger partial charge in [0, 0.05) is 11.6 Å². The van der Waals surface area contributed by atoms with Crippen molar-refractivity contribution in [1.82, 2.24) is 0 Å². The van der Waals surface area contributed by atoms with Crippen LogP contribution >= 0.6 is 0 Å². The Morgan fingerprint density at radius 2 is 2.29 bits per heavy atom. The molecule has 0 heterocycles. The second kappa shape index (κ2) is 5.84. The first-order valence-electron chi connectivity index (χ1n) is 4.97. The molecule has 1 N–H and O–H groups in total. The number of halogens is 1. The number of hydrogen-bond acceptors (Lipinski definition) is 2. The quantitative estimate of drug-likeness (QED) is 0.631. The first kappa shape index (κ1) is 13.0. The van der Waals surface area contributed by atoms with Crippen molar-refractivity contribution in [3.05, 3.63) is 47.8 Å². The zero-order chi connectivity index (χ0) is 12.8. The fourth-order valence-electron chi connectivity index (χ4n) is 1.17. The highest BCUT2D eigenvalue weighted by Crippen LogP contribution is 2.24. The lowest BCUT2D eigenvalue weighted by Crippen LogP contribution is -2.01. The van der Waals surface area contributed by atoms with E-state index in [1.165, 1.54) is 18.2 Å². The van der Waals surface area contributed by atoms with Crippen LogP contribution in [0.25, 0.3) is 6.08 Å². The third-order valence-electron chi connectivity index (χ3n) is 1.87. The first-order chi connectivity index (χ1) is 8.00. The number of aliphatic carboxylic acids is 1. The van der Waals surface area contributed by atoms with Crippen LogP contribution in [0.3, 0.4) is 0 Å². The summed E-state index contributed by atoms with van der Waals surface area (Å²) in [5.41, 5.74) is 1.13. The number of rotatable bonds is 5. The third kappa shape index (κ3) is 4.10. The molecular weight excluding hydrogens is 223 g/mol. The number of carboxylic acid groups (broad SMARTS) is 1. The van der Waals surface area contributed by atoms with Crippen LogP contribution in [0.5, 0.6) is 5.75 Å². The fourth-order valence-corrected chi connectivity index (χ4v) is 1.17. The Balaban J connectivity index is 2.99. The Morgan fingerprint density at radius 1 is 1.59 bits per heavy atom. The van der Waals surface area contributed by atoms with E-state index in [0.717, 1.165) is 11.6 Å². The van der Waals surface area contributed by atoms with Crippen molar-refractivity contribution < 1.29 is 19.0 Å². The zero-order valence-electron chi connectivity index (χ0n) is 9.44. The minimum Gasteiger partial charge on any atom is -0.486 e. The lowest BCUT2D eigenvalue weighted by atomic mass is 10.2. The standard InChI is InChI=1S/C13H13FO3/c1-9(2)8-17-13-10(6-7-12(15)16)4-3-5-11(13)14/h3-7H,1,8H2,2H3,(H,15,16)/b7-6+. The van der Waals surface area contributed by atoms with Gasteiger partial charge in [-0.1, -0.05) is 18.7 Å². The van der Waals surface area contributed by atoms with E-state index >= 15 is 0 Å². The van der Waals surface area contributed by atoms with Crippen LogP contribution < -0.4 is 4.74 Å². The van der Waals surface area contributed by atoms with E-state index in [1.54, 1.807) is 13.0 Å². The Morgan fingerprint density at radius 3 is 2.88 bits per heavy atom. The maximum atomic E-state index is 13.5. The summed E-state index contributed by atoms with van der Waals surface area (Å²) in [6.07, 6.45) is 2.22. The van der Waals surface area contributed by atoms with Gasteiger partial charge in [0.2, 0.25) is 0 Å². The molecule has 1 aromatic carbocycles. The van der Waals surface area contributed by atoms with Gasteiger partial charge in [-0.15, -0.1) is 0 Å².